The number of hydrogen-bond acceptors (Lipinski definition) is 7. The molecule has 1 aliphatic heterocycles. The fourth-order valence-electron chi connectivity index (χ4n) is 3.75. The molecule has 0 bridgehead atoms. The molecule has 1 heterocycles. The SMILES string of the molecule is O=CC(=O)/C(=C\NCCSCCOCCN1CCCC1)NCC1CCCCC1. The maximum Gasteiger partial charge on any atom is 0.242 e. The number of aldehydes is 1. The highest BCUT2D eigenvalue weighted by Gasteiger charge is 2.15. The molecule has 6 nitrogen and oxygen atoms in total. The van der Waals surface area contributed by atoms with E-state index in [0.29, 0.717) is 17.9 Å². The molecule has 0 spiro atoms. The zero-order chi connectivity index (χ0) is 19.9. The normalized spacial score (nSPS) is 18.9. The van der Waals surface area contributed by atoms with Crippen molar-refractivity contribution in [2.75, 3.05) is 57.4 Å². The van der Waals surface area contributed by atoms with E-state index < -0.39 is 5.78 Å². The summed E-state index contributed by atoms with van der Waals surface area (Å²) in [5, 5.41) is 6.33. The first kappa shape index (κ1) is 23.2. The molecule has 0 aromatic carbocycles. The highest BCUT2D eigenvalue weighted by molar-refractivity contribution is 7.99. The second-order valence-electron chi connectivity index (χ2n) is 7.65. The van der Waals surface area contributed by atoms with Gasteiger partial charge in [0.25, 0.3) is 0 Å². The molecular formula is C21H37N3O3S. The molecule has 0 amide bonds. The predicted octanol–water partition coefficient (Wildman–Crippen LogP) is 2.20. The molecule has 0 aromatic rings. The Hall–Kier alpha value is -1.05. The maximum atomic E-state index is 11.8. The Balaban J connectivity index is 1.49. The molecule has 7 heteroatoms. The number of nitrogens with one attached hydrogen (secondary N) is 2. The van der Waals surface area contributed by atoms with Crippen LogP contribution < -0.4 is 10.6 Å². The van der Waals surface area contributed by atoms with E-state index in [1.54, 1.807) is 6.20 Å². The number of allylic oxidation sites excluding steroid dienone is 1. The summed E-state index contributed by atoms with van der Waals surface area (Å²) in [7, 11) is 0. The highest BCUT2D eigenvalue weighted by Crippen LogP contribution is 2.22. The first-order chi connectivity index (χ1) is 13.8. The van der Waals surface area contributed by atoms with Crippen LogP contribution in [0.4, 0.5) is 0 Å². The maximum absolute atomic E-state index is 11.8. The smallest absolute Gasteiger partial charge is 0.242 e. The van der Waals surface area contributed by atoms with Gasteiger partial charge in [0.1, 0.15) is 5.70 Å². The molecule has 0 atom stereocenters. The van der Waals surface area contributed by atoms with Gasteiger partial charge in [0.2, 0.25) is 5.78 Å². The van der Waals surface area contributed by atoms with Crippen molar-refractivity contribution >= 4 is 23.8 Å². The molecule has 2 fully saturated rings. The van der Waals surface area contributed by atoms with Crippen molar-refractivity contribution < 1.29 is 14.3 Å². The summed E-state index contributed by atoms with van der Waals surface area (Å²) in [5.74, 6) is 2.04. The van der Waals surface area contributed by atoms with Gasteiger partial charge in [0, 0.05) is 37.3 Å². The number of nitrogens with zero attached hydrogens (tertiary/aromatic N) is 1. The number of hydrogen-bond donors (Lipinski definition) is 2. The third kappa shape index (κ3) is 9.94. The van der Waals surface area contributed by atoms with Crippen molar-refractivity contribution in [1.82, 2.24) is 15.5 Å². The van der Waals surface area contributed by atoms with Gasteiger partial charge in [-0.15, -0.1) is 0 Å². The molecule has 28 heavy (non-hydrogen) atoms. The van der Waals surface area contributed by atoms with E-state index in [2.05, 4.69) is 15.5 Å². The first-order valence-corrected chi connectivity index (χ1v) is 12.0. The average molecular weight is 412 g/mol. The molecule has 1 aliphatic carbocycles. The molecule has 160 valence electrons. The number of likely N-dealkylation sites (tertiary alicyclic amines) is 1. The second kappa shape index (κ2) is 14.9. The molecule has 0 aromatic heterocycles. The predicted molar refractivity (Wildman–Crippen MR) is 116 cm³/mol. The lowest BCUT2D eigenvalue weighted by Crippen LogP contribution is -2.29. The van der Waals surface area contributed by atoms with Crippen molar-refractivity contribution in [2.24, 2.45) is 5.92 Å². The number of ether oxygens (including phenoxy) is 1. The van der Waals surface area contributed by atoms with Gasteiger partial charge in [-0.25, -0.2) is 0 Å². The summed E-state index contributed by atoms with van der Waals surface area (Å²) in [6, 6.07) is 0. The van der Waals surface area contributed by atoms with Crippen molar-refractivity contribution in [1.29, 1.82) is 0 Å². The van der Waals surface area contributed by atoms with Crippen LogP contribution in [0.2, 0.25) is 0 Å². The van der Waals surface area contributed by atoms with Crippen LogP contribution in [0.5, 0.6) is 0 Å². The van der Waals surface area contributed by atoms with Crippen molar-refractivity contribution in [3.63, 3.8) is 0 Å². The summed E-state index contributed by atoms with van der Waals surface area (Å²) in [6.45, 7) is 6.65. The van der Waals surface area contributed by atoms with E-state index in [1.165, 1.54) is 58.0 Å². The third-order valence-corrected chi connectivity index (χ3v) is 6.39. The molecule has 0 radical (unpaired) electrons. The van der Waals surface area contributed by atoms with E-state index in [4.69, 9.17) is 4.74 Å². The first-order valence-electron chi connectivity index (χ1n) is 10.8. The number of carbonyl (C=O) groups excluding carboxylic acids is 2. The van der Waals surface area contributed by atoms with E-state index in [1.807, 2.05) is 11.8 Å². The van der Waals surface area contributed by atoms with Crippen LogP contribution >= 0.6 is 11.8 Å². The minimum absolute atomic E-state index is 0.385. The number of ketones is 1. The fourth-order valence-corrected chi connectivity index (χ4v) is 4.45. The Kier molecular flexibility index (Phi) is 12.3. The van der Waals surface area contributed by atoms with Crippen molar-refractivity contribution in [3.05, 3.63) is 11.9 Å². The van der Waals surface area contributed by atoms with E-state index in [-0.39, 0.29) is 0 Å². The molecule has 2 N–H and O–H groups in total. The molecule has 0 unspecified atom stereocenters. The molecule has 2 rings (SSSR count). The lowest BCUT2D eigenvalue weighted by molar-refractivity contribution is -0.127. The van der Waals surface area contributed by atoms with Gasteiger partial charge in [-0.1, -0.05) is 19.3 Å². The van der Waals surface area contributed by atoms with Crippen molar-refractivity contribution in [2.45, 2.75) is 44.9 Å². The van der Waals surface area contributed by atoms with E-state index in [0.717, 1.165) is 44.4 Å². The minimum Gasteiger partial charge on any atom is -0.388 e. The van der Waals surface area contributed by atoms with Gasteiger partial charge < -0.3 is 20.3 Å². The average Bonchev–Trinajstić information content (AvgIpc) is 3.25. The summed E-state index contributed by atoms with van der Waals surface area (Å²) in [4.78, 5) is 25.1. The van der Waals surface area contributed by atoms with Crippen LogP contribution in [-0.4, -0.2) is 74.4 Å². The minimum atomic E-state index is -0.484. The highest BCUT2D eigenvalue weighted by atomic mass is 32.2. The topological polar surface area (TPSA) is 70.7 Å². The second-order valence-corrected chi connectivity index (χ2v) is 8.88. The van der Waals surface area contributed by atoms with Crippen LogP contribution in [0.25, 0.3) is 0 Å². The standard InChI is InChI=1S/C21H37N3O3S/c25-18-21(26)20(23-16-19-6-2-1-3-7-19)17-22-8-14-28-15-13-27-12-11-24-9-4-5-10-24/h17-19,22-23H,1-16H2/b20-17+. The summed E-state index contributed by atoms with van der Waals surface area (Å²) >= 11 is 1.83. The van der Waals surface area contributed by atoms with Crippen LogP contribution in [0.3, 0.4) is 0 Å². The van der Waals surface area contributed by atoms with Gasteiger partial charge in [-0.2, -0.15) is 11.8 Å². The Morgan fingerprint density at radius 1 is 1.07 bits per heavy atom. The van der Waals surface area contributed by atoms with Gasteiger partial charge >= 0.3 is 0 Å². The van der Waals surface area contributed by atoms with E-state index in [9.17, 15) is 9.59 Å². The quantitative estimate of drug-likeness (QED) is 0.185. The van der Waals surface area contributed by atoms with Crippen LogP contribution in [-0.2, 0) is 14.3 Å². The van der Waals surface area contributed by atoms with Gasteiger partial charge in [-0.3, -0.25) is 9.59 Å². The van der Waals surface area contributed by atoms with E-state index >= 15 is 0 Å². The Labute approximate surface area is 174 Å². The largest absolute Gasteiger partial charge is 0.388 e. The Bertz CT molecular complexity index is 476. The molecule has 1 saturated carbocycles. The zero-order valence-corrected chi connectivity index (χ0v) is 17.9. The molecular weight excluding hydrogens is 374 g/mol. The Morgan fingerprint density at radius 3 is 2.61 bits per heavy atom. The lowest BCUT2D eigenvalue weighted by atomic mass is 9.89. The van der Waals surface area contributed by atoms with Crippen molar-refractivity contribution in [3.8, 4) is 0 Å². The van der Waals surface area contributed by atoms with Gasteiger partial charge in [-0.05, 0) is 44.7 Å². The summed E-state index contributed by atoms with van der Waals surface area (Å²) < 4.78 is 5.69. The molecule has 1 saturated heterocycles. The number of thioether (sulfide) groups is 1. The molecule has 2 aliphatic rings. The third-order valence-electron chi connectivity index (χ3n) is 5.44. The van der Waals surface area contributed by atoms with Crippen LogP contribution in [0.15, 0.2) is 11.9 Å². The van der Waals surface area contributed by atoms with Gasteiger partial charge in [0.05, 0.1) is 13.2 Å². The summed E-state index contributed by atoms with van der Waals surface area (Å²) in [6.07, 6.45) is 11.0. The monoisotopic (exact) mass is 411 g/mol. The zero-order valence-electron chi connectivity index (χ0n) is 17.1. The van der Waals surface area contributed by atoms with Gasteiger partial charge in [0.15, 0.2) is 6.29 Å². The number of rotatable bonds is 15. The van der Waals surface area contributed by atoms with Crippen LogP contribution in [0, 0.1) is 5.92 Å². The summed E-state index contributed by atoms with van der Waals surface area (Å²) in [5.41, 5.74) is 0.385. The van der Waals surface area contributed by atoms with Crippen LogP contribution in [0.1, 0.15) is 44.9 Å². The Morgan fingerprint density at radius 2 is 1.86 bits per heavy atom. The lowest BCUT2D eigenvalue weighted by Gasteiger charge is -2.22. The number of carbonyl (C=O) groups is 2. The fraction of sp³-hybridized carbons (Fsp3) is 0.810. The number of Topliss-reactive ketones (excluding diaryl/α,β-unsaturated/α-hetero) is 1.